The summed E-state index contributed by atoms with van der Waals surface area (Å²) in [5.41, 5.74) is 2.62. The van der Waals surface area contributed by atoms with E-state index < -0.39 is 0 Å². The van der Waals surface area contributed by atoms with Gasteiger partial charge in [-0.05, 0) is 18.4 Å². The first kappa shape index (κ1) is 14.5. The fourth-order valence-corrected chi connectivity index (χ4v) is 3.35. The van der Waals surface area contributed by atoms with Crippen LogP contribution in [0.3, 0.4) is 0 Å². The van der Waals surface area contributed by atoms with Crippen LogP contribution in [0.25, 0.3) is 0 Å². The molecule has 1 saturated heterocycles. The van der Waals surface area contributed by atoms with E-state index in [0.717, 1.165) is 38.9 Å². The summed E-state index contributed by atoms with van der Waals surface area (Å²) < 4.78 is 11.8. The Bertz CT molecular complexity index is 493. The molecule has 2 fully saturated rings. The van der Waals surface area contributed by atoms with Gasteiger partial charge in [0.1, 0.15) is 0 Å². The van der Waals surface area contributed by atoms with Gasteiger partial charge in [0.05, 0.1) is 13.2 Å². The summed E-state index contributed by atoms with van der Waals surface area (Å²) in [5, 5.41) is 6.61. The lowest BCUT2D eigenvalue weighted by Gasteiger charge is -2.37. The Labute approximate surface area is 126 Å². The Morgan fingerprint density at radius 2 is 1.90 bits per heavy atom. The average Bonchev–Trinajstić information content (AvgIpc) is 2.91. The van der Waals surface area contributed by atoms with Gasteiger partial charge in [-0.25, -0.2) is 0 Å². The van der Waals surface area contributed by atoms with Gasteiger partial charge in [-0.3, -0.25) is 0 Å². The summed E-state index contributed by atoms with van der Waals surface area (Å²) in [7, 11) is 3.97. The van der Waals surface area contributed by atoms with Crippen LogP contribution in [0.1, 0.15) is 24.8 Å². The molecule has 0 amide bonds. The lowest BCUT2D eigenvalue weighted by molar-refractivity contribution is -0.174. The number of ether oxygens (including phenoxy) is 2. The molecule has 4 heteroatoms. The Hall–Kier alpha value is -1.39. The minimum Gasteiger partial charge on any atom is -0.347 e. The van der Waals surface area contributed by atoms with E-state index in [0.29, 0.717) is 5.92 Å². The number of rotatable bonds is 3. The van der Waals surface area contributed by atoms with E-state index in [4.69, 9.17) is 14.6 Å². The van der Waals surface area contributed by atoms with Gasteiger partial charge < -0.3 is 14.5 Å². The van der Waals surface area contributed by atoms with Crippen molar-refractivity contribution in [3.05, 3.63) is 35.9 Å². The molecule has 0 N–H and O–H groups in total. The Balaban J connectivity index is 1.79. The topological polar surface area (TPSA) is 34.1 Å². The lowest BCUT2D eigenvalue weighted by atomic mass is 9.79. The Morgan fingerprint density at radius 1 is 1.19 bits per heavy atom. The summed E-state index contributed by atoms with van der Waals surface area (Å²) in [6.45, 7) is 1.44. The molecule has 1 aromatic rings. The van der Waals surface area contributed by atoms with Gasteiger partial charge in [0, 0.05) is 38.6 Å². The second-order valence-corrected chi connectivity index (χ2v) is 6.14. The molecular formula is C17H24N2O2. The van der Waals surface area contributed by atoms with Crippen molar-refractivity contribution in [3.63, 3.8) is 0 Å². The maximum absolute atomic E-state index is 5.91. The molecule has 1 spiro atoms. The van der Waals surface area contributed by atoms with E-state index in [1.807, 2.05) is 19.1 Å². The van der Waals surface area contributed by atoms with Crippen LogP contribution in [0.15, 0.2) is 35.4 Å². The zero-order chi connectivity index (χ0) is 14.7. The molecule has 1 aromatic carbocycles. The third-order valence-electron chi connectivity index (χ3n) is 4.26. The fraction of sp³-hybridized carbons (Fsp3) is 0.588. The first-order valence-electron chi connectivity index (χ1n) is 7.73. The van der Waals surface area contributed by atoms with E-state index in [1.54, 1.807) is 0 Å². The first-order chi connectivity index (χ1) is 10.2. The first-order valence-corrected chi connectivity index (χ1v) is 7.73. The summed E-state index contributed by atoms with van der Waals surface area (Å²) in [6.07, 6.45) is 3.79. The number of benzene rings is 1. The molecule has 21 heavy (non-hydrogen) atoms. The van der Waals surface area contributed by atoms with Crippen molar-refractivity contribution in [2.75, 3.05) is 27.3 Å². The molecule has 1 aliphatic heterocycles. The van der Waals surface area contributed by atoms with Crippen LogP contribution >= 0.6 is 0 Å². The molecule has 1 atom stereocenters. The monoisotopic (exact) mass is 288 g/mol. The maximum atomic E-state index is 5.91. The second kappa shape index (κ2) is 6.16. The van der Waals surface area contributed by atoms with Gasteiger partial charge in [-0.15, -0.1) is 0 Å². The highest BCUT2D eigenvalue weighted by molar-refractivity contribution is 5.87. The predicted molar refractivity (Wildman–Crippen MR) is 83.2 cm³/mol. The Kier molecular flexibility index (Phi) is 4.27. The molecule has 0 aromatic heterocycles. The van der Waals surface area contributed by atoms with E-state index in [1.165, 1.54) is 11.3 Å². The van der Waals surface area contributed by atoms with Crippen molar-refractivity contribution >= 4 is 5.71 Å². The average molecular weight is 288 g/mol. The summed E-state index contributed by atoms with van der Waals surface area (Å²) >= 11 is 0. The number of hydrogen-bond acceptors (Lipinski definition) is 4. The van der Waals surface area contributed by atoms with Gasteiger partial charge in [-0.1, -0.05) is 30.3 Å². The van der Waals surface area contributed by atoms with Gasteiger partial charge in [0.2, 0.25) is 0 Å². The fourth-order valence-electron chi connectivity index (χ4n) is 3.35. The third-order valence-corrected chi connectivity index (χ3v) is 4.26. The van der Waals surface area contributed by atoms with Crippen molar-refractivity contribution in [1.29, 1.82) is 0 Å². The van der Waals surface area contributed by atoms with Gasteiger partial charge >= 0.3 is 0 Å². The summed E-state index contributed by atoms with van der Waals surface area (Å²) in [4.78, 5) is 0. The van der Waals surface area contributed by atoms with Crippen LogP contribution < -0.4 is 0 Å². The molecule has 1 saturated carbocycles. The SMILES string of the molecule is CN(C)N=C1CCC2(CC1Cc1ccccc1)OCCO2. The highest BCUT2D eigenvalue weighted by Crippen LogP contribution is 2.39. The molecule has 1 aliphatic carbocycles. The summed E-state index contributed by atoms with van der Waals surface area (Å²) in [5.74, 6) is 0.0340. The van der Waals surface area contributed by atoms with Crippen molar-refractivity contribution in [2.24, 2.45) is 11.0 Å². The number of nitrogens with zero attached hydrogens (tertiary/aromatic N) is 2. The largest absolute Gasteiger partial charge is 0.347 e. The highest BCUT2D eigenvalue weighted by atomic mass is 16.7. The van der Waals surface area contributed by atoms with Crippen molar-refractivity contribution in [3.8, 4) is 0 Å². The number of hydrogen-bond donors (Lipinski definition) is 0. The molecule has 114 valence electrons. The van der Waals surface area contributed by atoms with Crippen LogP contribution in [-0.4, -0.2) is 43.8 Å². The standard InChI is InChI=1S/C17H24N2O2/c1-19(2)18-16-8-9-17(20-10-11-21-17)13-15(16)12-14-6-4-3-5-7-14/h3-7,15H,8-13H2,1-2H3. The smallest absolute Gasteiger partial charge is 0.169 e. The van der Waals surface area contributed by atoms with Crippen molar-refractivity contribution < 1.29 is 9.47 Å². The third kappa shape index (κ3) is 3.44. The molecule has 1 heterocycles. The zero-order valence-corrected chi connectivity index (χ0v) is 12.9. The predicted octanol–water partition coefficient (Wildman–Crippen LogP) is 2.69. The van der Waals surface area contributed by atoms with Crippen LogP contribution in [0, 0.1) is 5.92 Å². The van der Waals surface area contributed by atoms with Crippen LogP contribution in [0.4, 0.5) is 0 Å². The number of hydrazone groups is 1. The highest BCUT2D eigenvalue weighted by Gasteiger charge is 2.43. The molecule has 0 radical (unpaired) electrons. The quantitative estimate of drug-likeness (QED) is 0.802. The van der Waals surface area contributed by atoms with E-state index in [2.05, 4.69) is 30.3 Å². The van der Waals surface area contributed by atoms with Crippen molar-refractivity contribution in [1.82, 2.24) is 5.01 Å². The normalized spacial score (nSPS) is 26.4. The molecule has 2 aliphatic rings. The molecular weight excluding hydrogens is 264 g/mol. The van der Waals surface area contributed by atoms with E-state index >= 15 is 0 Å². The van der Waals surface area contributed by atoms with Crippen LogP contribution in [-0.2, 0) is 15.9 Å². The van der Waals surface area contributed by atoms with Gasteiger partial charge in [0.15, 0.2) is 5.79 Å². The summed E-state index contributed by atoms with van der Waals surface area (Å²) in [6, 6.07) is 10.6. The molecule has 3 rings (SSSR count). The molecule has 0 bridgehead atoms. The second-order valence-electron chi connectivity index (χ2n) is 6.14. The minimum absolute atomic E-state index is 0.356. The van der Waals surface area contributed by atoms with E-state index in [9.17, 15) is 0 Å². The molecule has 1 unspecified atom stereocenters. The van der Waals surface area contributed by atoms with Gasteiger partial charge in [-0.2, -0.15) is 5.10 Å². The molecule has 4 nitrogen and oxygen atoms in total. The van der Waals surface area contributed by atoms with Crippen LogP contribution in [0.2, 0.25) is 0 Å². The zero-order valence-electron chi connectivity index (χ0n) is 12.9. The minimum atomic E-state index is -0.356. The maximum Gasteiger partial charge on any atom is 0.169 e. The van der Waals surface area contributed by atoms with Crippen molar-refractivity contribution in [2.45, 2.75) is 31.5 Å². The van der Waals surface area contributed by atoms with Crippen LogP contribution in [0.5, 0.6) is 0 Å². The van der Waals surface area contributed by atoms with E-state index in [-0.39, 0.29) is 5.79 Å². The Morgan fingerprint density at radius 3 is 2.57 bits per heavy atom. The van der Waals surface area contributed by atoms with Gasteiger partial charge in [0.25, 0.3) is 0 Å². The lowest BCUT2D eigenvalue weighted by Crippen LogP contribution is -2.41.